The molecule has 0 bridgehead atoms. The topological polar surface area (TPSA) is 55.0 Å². The summed E-state index contributed by atoms with van der Waals surface area (Å²) in [5.41, 5.74) is 7.03. The van der Waals surface area contributed by atoms with Crippen LogP contribution in [-0.2, 0) is 0 Å². The third-order valence-corrected chi connectivity index (χ3v) is 2.34. The van der Waals surface area contributed by atoms with Crippen LogP contribution < -0.4 is 10.6 Å². The van der Waals surface area contributed by atoms with Crippen molar-refractivity contribution in [3.8, 4) is 0 Å². The lowest BCUT2D eigenvalue weighted by molar-refractivity contribution is 0.417. The molecule has 90 valence electrons. The Kier molecular flexibility index (Phi) is 3.41. The zero-order chi connectivity index (χ0) is 12.5. The van der Waals surface area contributed by atoms with E-state index in [4.69, 9.17) is 5.73 Å². The van der Waals surface area contributed by atoms with Crippen LogP contribution in [0.5, 0.6) is 0 Å². The van der Waals surface area contributed by atoms with Crippen molar-refractivity contribution in [1.29, 1.82) is 0 Å². The van der Waals surface area contributed by atoms with Crippen LogP contribution in [0.4, 0.5) is 11.6 Å². The zero-order valence-corrected chi connectivity index (χ0v) is 11.1. The summed E-state index contributed by atoms with van der Waals surface area (Å²) < 4.78 is 0. The van der Waals surface area contributed by atoms with Crippen molar-refractivity contribution in [3.63, 3.8) is 0 Å². The van der Waals surface area contributed by atoms with Crippen LogP contribution in [0.3, 0.4) is 0 Å². The number of aromatic nitrogens is 2. The number of nitrogens with two attached hydrogens (primary N) is 1. The highest BCUT2D eigenvalue weighted by molar-refractivity contribution is 5.56. The number of rotatable bonds is 2. The maximum absolute atomic E-state index is 5.85. The van der Waals surface area contributed by atoms with E-state index in [0.29, 0.717) is 5.82 Å². The van der Waals surface area contributed by atoms with Crippen LogP contribution in [0.1, 0.15) is 32.2 Å². The van der Waals surface area contributed by atoms with Gasteiger partial charge in [-0.05, 0) is 19.3 Å². The van der Waals surface area contributed by atoms with E-state index >= 15 is 0 Å². The molecule has 0 aromatic carbocycles. The summed E-state index contributed by atoms with van der Waals surface area (Å²) in [6.07, 6.45) is 0. The summed E-state index contributed by atoms with van der Waals surface area (Å²) in [4.78, 5) is 10.7. The van der Waals surface area contributed by atoms with Gasteiger partial charge in [0, 0.05) is 19.2 Å². The second-order valence-electron chi connectivity index (χ2n) is 5.52. The monoisotopic (exact) mass is 222 g/mol. The summed E-state index contributed by atoms with van der Waals surface area (Å²) in [5.74, 6) is 2.22. The van der Waals surface area contributed by atoms with E-state index in [2.05, 4.69) is 35.6 Å². The highest BCUT2D eigenvalue weighted by atomic mass is 15.2. The number of aryl methyl sites for hydroxylation is 1. The van der Waals surface area contributed by atoms with Crippen molar-refractivity contribution in [2.24, 2.45) is 5.41 Å². The molecule has 2 N–H and O–H groups in total. The van der Waals surface area contributed by atoms with Crippen LogP contribution in [0.25, 0.3) is 0 Å². The summed E-state index contributed by atoms with van der Waals surface area (Å²) in [5, 5.41) is 0. The lowest BCUT2D eigenvalue weighted by Crippen LogP contribution is -2.30. The Bertz CT molecular complexity index is 379. The number of anilines is 2. The van der Waals surface area contributed by atoms with Gasteiger partial charge in [0.05, 0.1) is 0 Å². The number of nitrogens with zero attached hydrogens (tertiary/aromatic N) is 3. The average molecular weight is 222 g/mol. The molecule has 1 aromatic rings. The fraction of sp³-hybridized carbons (Fsp3) is 0.667. The third kappa shape index (κ3) is 3.08. The Hall–Kier alpha value is -1.32. The smallest absolute Gasteiger partial charge is 0.137 e. The summed E-state index contributed by atoms with van der Waals surface area (Å²) in [7, 11) is 2.04. The molecule has 1 rings (SSSR count). The lowest BCUT2D eigenvalue weighted by Gasteiger charge is -2.28. The molecular formula is C12H22N4. The van der Waals surface area contributed by atoms with Gasteiger partial charge in [0.2, 0.25) is 0 Å². The third-order valence-electron chi connectivity index (χ3n) is 2.34. The molecule has 1 heterocycles. The Labute approximate surface area is 97.9 Å². The zero-order valence-electron chi connectivity index (χ0n) is 11.1. The van der Waals surface area contributed by atoms with Crippen LogP contribution >= 0.6 is 0 Å². The van der Waals surface area contributed by atoms with E-state index in [1.54, 1.807) is 0 Å². The molecule has 16 heavy (non-hydrogen) atoms. The Morgan fingerprint density at radius 3 is 2.25 bits per heavy atom. The van der Waals surface area contributed by atoms with Gasteiger partial charge in [-0.3, -0.25) is 0 Å². The number of nitrogen functional groups attached to an aromatic ring is 1. The molecule has 4 nitrogen and oxygen atoms in total. The van der Waals surface area contributed by atoms with E-state index in [-0.39, 0.29) is 5.41 Å². The highest BCUT2D eigenvalue weighted by Gasteiger charge is 2.17. The van der Waals surface area contributed by atoms with Crippen LogP contribution in [0.2, 0.25) is 0 Å². The van der Waals surface area contributed by atoms with Gasteiger partial charge in [-0.15, -0.1) is 0 Å². The Balaban J connectivity index is 3.04. The quantitative estimate of drug-likeness (QED) is 0.833. The van der Waals surface area contributed by atoms with Gasteiger partial charge in [0.25, 0.3) is 0 Å². The molecule has 0 spiro atoms. The minimum atomic E-state index is 0.231. The average Bonchev–Trinajstić information content (AvgIpc) is 2.08. The molecule has 0 aliphatic rings. The van der Waals surface area contributed by atoms with E-state index in [1.165, 1.54) is 0 Å². The maximum Gasteiger partial charge on any atom is 0.137 e. The minimum Gasteiger partial charge on any atom is -0.383 e. The second-order valence-corrected chi connectivity index (χ2v) is 5.52. The van der Waals surface area contributed by atoms with Gasteiger partial charge in [0.1, 0.15) is 17.5 Å². The predicted molar refractivity (Wildman–Crippen MR) is 68.6 cm³/mol. The molecule has 0 radical (unpaired) electrons. The standard InChI is InChI=1S/C12H22N4/c1-8-10(13)14-9(2)15-11(8)16(6)7-12(3,4)5/h7H2,1-6H3,(H2,13,14,15). The fourth-order valence-corrected chi connectivity index (χ4v) is 1.79. The Morgan fingerprint density at radius 1 is 1.19 bits per heavy atom. The van der Waals surface area contributed by atoms with Crippen LogP contribution in [0.15, 0.2) is 0 Å². The van der Waals surface area contributed by atoms with Gasteiger partial charge < -0.3 is 10.6 Å². The summed E-state index contributed by atoms with van der Waals surface area (Å²) in [6.45, 7) is 11.4. The fourth-order valence-electron chi connectivity index (χ4n) is 1.79. The highest BCUT2D eigenvalue weighted by Crippen LogP contribution is 2.24. The largest absolute Gasteiger partial charge is 0.383 e. The molecule has 0 atom stereocenters. The summed E-state index contributed by atoms with van der Waals surface area (Å²) in [6, 6.07) is 0. The molecule has 0 saturated heterocycles. The first-order valence-electron chi connectivity index (χ1n) is 5.52. The van der Waals surface area contributed by atoms with Gasteiger partial charge in [-0.25, -0.2) is 9.97 Å². The minimum absolute atomic E-state index is 0.231. The van der Waals surface area contributed by atoms with Crippen molar-refractivity contribution in [2.45, 2.75) is 34.6 Å². The molecular weight excluding hydrogens is 200 g/mol. The van der Waals surface area contributed by atoms with E-state index in [9.17, 15) is 0 Å². The SMILES string of the molecule is Cc1nc(N)c(C)c(N(C)CC(C)(C)C)n1. The lowest BCUT2D eigenvalue weighted by atomic mass is 9.96. The first-order valence-corrected chi connectivity index (χ1v) is 5.52. The maximum atomic E-state index is 5.85. The van der Waals surface area contributed by atoms with Gasteiger partial charge in [-0.2, -0.15) is 0 Å². The van der Waals surface area contributed by atoms with E-state index in [1.807, 2.05) is 20.9 Å². The Morgan fingerprint density at radius 2 is 1.75 bits per heavy atom. The molecule has 0 amide bonds. The molecule has 0 aliphatic carbocycles. The predicted octanol–water partition coefficient (Wildman–Crippen LogP) is 2.16. The van der Waals surface area contributed by atoms with Gasteiger partial charge >= 0.3 is 0 Å². The van der Waals surface area contributed by atoms with Gasteiger partial charge in [-0.1, -0.05) is 20.8 Å². The number of hydrogen-bond donors (Lipinski definition) is 1. The molecule has 0 unspecified atom stereocenters. The van der Waals surface area contributed by atoms with E-state index in [0.717, 1.165) is 23.8 Å². The molecule has 0 saturated carbocycles. The first kappa shape index (κ1) is 12.7. The normalized spacial score (nSPS) is 11.6. The summed E-state index contributed by atoms with van der Waals surface area (Å²) >= 11 is 0. The first-order chi connectivity index (χ1) is 7.20. The van der Waals surface area contributed by atoms with Gasteiger partial charge in [0.15, 0.2) is 0 Å². The number of hydrogen-bond acceptors (Lipinski definition) is 4. The molecule has 0 aliphatic heterocycles. The van der Waals surface area contributed by atoms with Crippen molar-refractivity contribution >= 4 is 11.6 Å². The van der Waals surface area contributed by atoms with Crippen molar-refractivity contribution in [3.05, 3.63) is 11.4 Å². The molecule has 4 heteroatoms. The van der Waals surface area contributed by atoms with Crippen LogP contribution in [0, 0.1) is 19.3 Å². The second kappa shape index (κ2) is 4.28. The van der Waals surface area contributed by atoms with Crippen molar-refractivity contribution in [2.75, 3.05) is 24.2 Å². The molecule has 1 aromatic heterocycles. The molecule has 0 fully saturated rings. The van der Waals surface area contributed by atoms with Crippen LogP contribution in [-0.4, -0.2) is 23.6 Å². The van der Waals surface area contributed by atoms with Crippen molar-refractivity contribution < 1.29 is 0 Å². The van der Waals surface area contributed by atoms with Crippen molar-refractivity contribution in [1.82, 2.24) is 9.97 Å². The van der Waals surface area contributed by atoms with E-state index < -0.39 is 0 Å².